The topological polar surface area (TPSA) is 125 Å². The van der Waals surface area contributed by atoms with E-state index < -0.39 is 37.1 Å². The first-order valence-electron chi connectivity index (χ1n) is 10.5. The minimum atomic E-state index is -1.39. The highest BCUT2D eigenvalue weighted by atomic mass is 16.5. The van der Waals surface area contributed by atoms with Crippen molar-refractivity contribution in [1.29, 1.82) is 0 Å². The lowest BCUT2D eigenvalue weighted by atomic mass is 9.94. The van der Waals surface area contributed by atoms with Crippen LogP contribution in [0, 0.1) is 0 Å². The molecule has 3 heterocycles. The van der Waals surface area contributed by atoms with Crippen LogP contribution in [0.2, 0.25) is 0 Å². The van der Waals surface area contributed by atoms with Crippen LogP contribution >= 0.6 is 0 Å². The van der Waals surface area contributed by atoms with Gasteiger partial charge < -0.3 is 29.9 Å². The molecular formula is C24H26N2O6. The Morgan fingerprint density at radius 1 is 0.719 bits per heavy atom. The Hall–Kier alpha value is -2.88. The Balaban J connectivity index is 1.52. The van der Waals surface area contributed by atoms with E-state index in [0.29, 0.717) is 5.75 Å². The standard InChI is InChI=1S/C24H26N2O6/c27-14-21-23(29)24(30)22(28)20(32-21)5-10-31-19-12-17(15-1-6-25-7-2-15)11-18(13-19)16-3-8-26-9-4-16/h1-4,6-9,11-13,20-24,27-30H,5,10,14H2/t20-,21-,22-,23-,24-/m1/s1. The highest BCUT2D eigenvalue weighted by Gasteiger charge is 2.43. The van der Waals surface area contributed by atoms with Gasteiger partial charge in [0.05, 0.1) is 19.3 Å². The van der Waals surface area contributed by atoms with Crippen LogP contribution in [0.5, 0.6) is 5.75 Å². The van der Waals surface area contributed by atoms with E-state index >= 15 is 0 Å². The summed E-state index contributed by atoms with van der Waals surface area (Å²) in [5, 5.41) is 39.5. The zero-order valence-electron chi connectivity index (χ0n) is 17.4. The molecule has 1 fully saturated rings. The number of pyridine rings is 2. The van der Waals surface area contributed by atoms with Gasteiger partial charge in [0.25, 0.3) is 0 Å². The molecule has 1 saturated heterocycles. The second-order valence-electron chi connectivity index (χ2n) is 7.72. The van der Waals surface area contributed by atoms with Crippen LogP contribution in [0.1, 0.15) is 6.42 Å². The van der Waals surface area contributed by atoms with E-state index in [4.69, 9.17) is 9.47 Å². The van der Waals surface area contributed by atoms with Crippen molar-refractivity contribution in [2.75, 3.05) is 13.2 Å². The number of nitrogens with zero attached hydrogens (tertiary/aromatic N) is 2. The maximum Gasteiger partial charge on any atom is 0.120 e. The monoisotopic (exact) mass is 438 g/mol. The summed E-state index contributed by atoms with van der Waals surface area (Å²) < 4.78 is 11.5. The van der Waals surface area contributed by atoms with E-state index in [9.17, 15) is 20.4 Å². The van der Waals surface area contributed by atoms with E-state index in [1.54, 1.807) is 24.8 Å². The van der Waals surface area contributed by atoms with E-state index in [1.165, 1.54) is 0 Å². The predicted molar refractivity (Wildman–Crippen MR) is 117 cm³/mol. The van der Waals surface area contributed by atoms with Crippen LogP contribution in [0.15, 0.2) is 67.3 Å². The molecule has 0 spiro atoms. The van der Waals surface area contributed by atoms with Crippen molar-refractivity contribution in [3.8, 4) is 28.0 Å². The summed E-state index contributed by atoms with van der Waals surface area (Å²) in [6.45, 7) is -0.246. The molecule has 2 aromatic heterocycles. The van der Waals surface area contributed by atoms with Crippen LogP contribution in [0.3, 0.4) is 0 Å². The molecule has 1 aliphatic heterocycles. The van der Waals surface area contributed by atoms with Gasteiger partial charge in [-0.05, 0) is 64.7 Å². The van der Waals surface area contributed by atoms with Gasteiger partial charge in [-0.15, -0.1) is 0 Å². The van der Waals surface area contributed by atoms with Gasteiger partial charge in [0.1, 0.15) is 30.2 Å². The van der Waals surface area contributed by atoms with E-state index in [0.717, 1.165) is 22.3 Å². The fraction of sp³-hybridized carbons (Fsp3) is 0.333. The van der Waals surface area contributed by atoms with Crippen LogP contribution in [0.25, 0.3) is 22.3 Å². The molecule has 1 aromatic carbocycles. The summed E-state index contributed by atoms with van der Waals surface area (Å²) in [4.78, 5) is 8.15. The second kappa shape index (κ2) is 10.2. The Morgan fingerprint density at radius 3 is 1.78 bits per heavy atom. The summed E-state index contributed by atoms with van der Waals surface area (Å²) in [6.07, 6.45) is 1.47. The van der Waals surface area contributed by atoms with Gasteiger partial charge in [-0.1, -0.05) is 0 Å². The highest BCUT2D eigenvalue weighted by Crippen LogP contribution is 2.31. The minimum absolute atomic E-state index is 0.207. The van der Waals surface area contributed by atoms with Gasteiger partial charge in [0, 0.05) is 31.2 Å². The van der Waals surface area contributed by atoms with Crippen molar-refractivity contribution >= 4 is 0 Å². The Morgan fingerprint density at radius 2 is 1.25 bits per heavy atom. The molecule has 0 saturated carbocycles. The lowest BCUT2D eigenvalue weighted by molar-refractivity contribution is -0.231. The zero-order chi connectivity index (χ0) is 22.5. The van der Waals surface area contributed by atoms with Gasteiger partial charge in [-0.2, -0.15) is 0 Å². The first-order chi connectivity index (χ1) is 15.6. The summed E-state index contributed by atoms with van der Waals surface area (Å²) in [5.74, 6) is 0.635. The average Bonchev–Trinajstić information content (AvgIpc) is 2.85. The summed E-state index contributed by atoms with van der Waals surface area (Å²) >= 11 is 0. The fourth-order valence-corrected chi connectivity index (χ4v) is 3.81. The minimum Gasteiger partial charge on any atom is -0.493 e. The average molecular weight is 438 g/mol. The van der Waals surface area contributed by atoms with Gasteiger partial charge in [-0.3, -0.25) is 9.97 Å². The van der Waals surface area contributed by atoms with Crippen molar-refractivity contribution in [3.05, 3.63) is 67.3 Å². The highest BCUT2D eigenvalue weighted by molar-refractivity contribution is 5.74. The molecule has 168 valence electrons. The molecule has 0 unspecified atom stereocenters. The zero-order valence-corrected chi connectivity index (χ0v) is 17.4. The molecule has 32 heavy (non-hydrogen) atoms. The van der Waals surface area contributed by atoms with E-state index in [1.807, 2.05) is 36.4 Å². The maximum atomic E-state index is 10.2. The Kier molecular flexibility index (Phi) is 7.09. The van der Waals surface area contributed by atoms with Crippen LogP contribution in [-0.2, 0) is 4.74 Å². The van der Waals surface area contributed by atoms with E-state index in [2.05, 4.69) is 16.0 Å². The molecular weight excluding hydrogens is 412 g/mol. The number of hydrogen-bond donors (Lipinski definition) is 4. The third-order valence-corrected chi connectivity index (χ3v) is 5.60. The largest absolute Gasteiger partial charge is 0.493 e. The maximum absolute atomic E-state index is 10.2. The summed E-state index contributed by atoms with van der Waals surface area (Å²) in [6, 6.07) is 13.6. The molecule has 0 aliphatic carbocycles. The molecule has 0 bridgehead atoms. The van der Waals surface area contributed by atoms with Crippen molar-refractivity contribution in [3.63, 3.8) is 0 Å². The number of benzene rings is 1. The number of hydrogen-bond acceptors (Lipinski definition) is 8. The normalized spacial score (nSPS) is 25.4. The summed E-state index contributed by atoms with van der Waals surface area (Å²) in [7, 11) is 0. The van der Waals surface area contributed by atoms with Crippen molar-refractivity contribution < 1.29 is 29.9 Å². The number of ether oxygens (including phenoxy) is 2. The molecule has 8 heteroatoms. The van der Waals surface area contributed by atoms with Gasteiger partial charge in [-0.25, -0.2) is 0 Å². The smallest absolute Gasteiger partial charge is 0.120 e. The number of aromatic nitrogens is 2. The van der Waals surface area contributed by atoms with Gasteiger partial charge in [0.15, 0.2) is 0 Å². The fourth-order valence-electron chi connectivity index (χ4n) is 3.81. The molecule has 0 radical (unpaired) electrons. The Bertz CT molecular complexity index is 944. The van der Waals surface area contributed by atoms with Crippen molar-refractivity contribution in [2.24, 2.45) is 0 Å². The third-order valence-electron chi connectivity index (χ3n) is 5.60. The lowest BCUT2D eigenvalue weighted by Crippen LogP contribution is -2.58. The molecule has 5 atom stereocenters. The van der Waals surface area contributed by atoms with Crippen molar-refractivity contribution in [1.82, 2.24) is 9.97 Å². The molecule has 3 aromatic rings. The van der Waals surface area contributed by atoms with Gasteiger partial charge >= 0.3 is 0 Å². The molecule has 1 aliphatic rings. The quantitative estimate of drug-likeness (QED) is 0.437. The SMILES string of the molecule is OC[C@H]1O[C@H](CCOc2cc(-c3ccncc3)cc(-c3ccncc3)c2)[C@@H](O)[C@@H](O)[C@@H]1O. The summed E-state index contributed by atoms with van der Waals surface area (Å²) in [5.41, 5.74) is 3.92. The second-order valence-corrected chi connectivity index (χ2v) is 7.72. The van der Waals surface area contributed by atoms with Crippen molar-refractivity contribution in [2.45, 2.75) is 36.9 Å². The van der Waals surface area contributed by atoms with Gasteiger partial charge in [0.2, 0.25) is 0 Å². The number of rotatable bonds is 7. The molecule has 0 amide bonds. The first kappa shape index (κ1) is 22.3. The first-order valence-corrected chi connectivity index (χ1v) is 10.5. The molecule has 8 nitrogen and oxygen atoms in total. The van der Waals surface area contributed by atoms with Crippen LogP contribution in [0.4, 0.5) is 0 Å². The van der Waals surface area contributed by atoms with Crippen LogP contribution < -0.4 is 4.74 Å². The number of aliphatic hydroxyl groups excluding tert-OH is 4. The van der Waals surface area contributed by atoms with E-state index in [-0.39, 0.29) is 13.0 Å². The Labute approximate surface area is 185 Å². The molecule has 4 N–H and O–H groups in total. The number of aliphatic hydroxyl groups is 4. The molecule has 4 rings (SSSR count). The van der Waals surface area contributed by atoms with Crippen LogP contribution in [-0.4, -0.2) is 74.1 Å². The lowest BCUT2D eigenvalue weighted by Gasteiger charge is -2.40. The predicted octanol–water partition coefficient (Wildman–Crippen LogP) is 1.42. The third kappa shape index (κ3) is 4.95.